The van der Waals surface area contributed by atoms with Crippen molar-refractivity contribution < 1.29 is 34.5 Å². The zero-order chi connectivity index (χ0) is 17.4. The zero-order valence-corrected chi connectivity index (χ0v) is 13.4. The Hall–Kier alpha value is -1.58. The lowest BCUT2D eigenvalue weighted by Gasteiger charge is -2.35. The fourth-order valence-corrected chi connectivity index (χ4v) is 3.51. The first-order chi connectivity index (χ1) is 11.4. The van der Waals surface area contributed by atoms with E-state index in [9.17, 15) is 20.1 Å². The third kappa shape index (κ3) is 3.03. The molecule has 2 unspecified atom stereocenters. The second-order valence-electron chi connectivity index (χ2n) is 6.48. The number of nitrogens with zero attached hydrogens (tertiary/aromatic N) is 2. The highest BCUT2D eigenvalue weighted by molar-refractivity contribution is 5.73. The predicted molar refractivity (Wildman–Crippen MR) is 80.8 cm³/mol. The van der Waals surface area contributed by atoms with Crippen LogP contribution in [0.4, 0.5) is 0 Å². The van der Waals surface area contributed by atoms with Crippen molar-refractivity contribution in [1.82, 2.24) is 4.90 Å². The van der Waals surface area contributed by atoms with E-state index in [2.05, 4.69) is 4.90 Å². The van der Waals surface area contributed by atoms with E-state index >= 15 is 0 Å². The van der Waals surface area contributed by atoms with Gasteiger partial charge in [0.05, 0.1) is 0 Å². The van der Waals surface area contributed by atoms with Gasteiger partial charge in [-0.3, -0.25) is 4.90 Å². The van der Waals surface area contributed by atoms with Crippen molar-refractivity contribution in [3.63, 3.8) is 0 Å². The molecule has 0 radical (unpaired) electrons. The van der Waals surface area contributed by atoms with Gasteiger partial charge in [-0.2, -0.15) is 4.57 Å². The van der Waals surface area contributed by atoms with E-state index in [0.29, 0.717) is 0 Å². The number of carbonyl (C=O) groups is 1. The van der Waals surface area contributed by atoms with E-state index in [1.807, 2.05) is 13.1 Å². The molecular weight excluding hydrogens is 316 g/mol. The van der Waals surface area contributed by atoms with Gasteiger partial charge in [0.15, 0.2) is 24.6 Å². The molecule has 0 spiro atoms. The summed E-state index contributed by atoms with van der Waals surface area (Å²) in [6, 6.07) is 4.02. The summed E-state index contributed by atoms with van der Waals surface area (Å²) in [5, 5.41) is 39.1. The molecule has 0 amide bonds. The van der Waals surface area contributed by atoms with Gasteiger partial charge in [-0.15, -0.1) is 0 Å². The smallest absolute Gasteiger partial charge is 0.335 e. The molecule has 8 heteroatoms. The number of rotatable bonds is 3. The highest BCUT2D eigenvalue weighted by atomic mass is 16.6. The van der Waals surface area contributed by atoms with Gasteiger partial charge in [0.2, 0.25) is 0 Å². The Morgan fingerprint density at radius 2 is 2.04 bits per heavy atom. The first-order valence-electron chi connectivity index (χ1n) is 8.03. The summed E-state index contributed by atoms with van der Waals surface area (Å²) in [5.74, 6) is -1.38. The fourth-order valence-electron chi connectivity index (χ4n) is 3.51. The Kier molecular flexibility index (Phi) is 4.84. The number of aliphatic carboxylic acids is 1. The summed E-state index contributed by atoms with van der Waals surface area (Å²) in [5.41, 5.74) is 1.03. The van der Waals surface area contributed by atoms with E-state index in [-0.39, 0.29) is 6.04 Å². The summed E-state index contributed by atoms with van der Waals surface area (Å²) in [4.78, 5) is 13.5. The number of carboxylic acid groups (broad SMARTS) is 1. The molecule has 0 saturated carbocycles. The van der Waals surface area contributed by atoms with E-state index in [4.69, 9.17) is 9.84 Å². The zero-order valence-electron chi connectivity index (χ0n) is 13.4. The lowest BCUT2D eigenvalue weighted by molar-refractivity contribution is -0.777. The molecule has 132 valence electrons. The normalized spacial score (nSPS) is 37.5. The van der Waals surface area contributed by atoms with Gasteiger partial charge in [-0.1, -0.05) is 0 Å². The molecule has 24 heavy (non-hydrogen) atoms. The topological polar surface area (TPSA) is 114 Å². The number of likely N-dealkylation sites (tertiary alicyclic amines) is 1. The molecule has 0 bridgehead atoms. The van der Waals surface area contributed by atoms with E-state index < -0.39 is 36.6 Å². The number of carboxylic acids is 1. The van der Waals surface area contributed by atoms with Crippen LogP contribution >= 0.6 is 0 Å². The van der Waals surface area contributed by atoms with Gasteiger partial charge in [0, 0.05) is 17.7 Å². The summed E-state index contributed by atoms with van der Waals surface area (Å²) < 4.78 is 6.92. The average molecular weight is 339 g/mol. The second kappa shape index (κ2) is 6.73. The van der Waals surface area contributed by atoms with Gasteiger partial charge < -0.3 is 25.2 Å². The van der Waals surface area contributed by atoms with E-state index in [0.717, 1.165) is 24.9 Å². The summed E-state index contributed by atoms with van der Waals surface area (Å²) in [7, 11) is 2.04. The average Bonchev–Trinajstić information content (AvgIpc) is 2.99. The lowest BCUT2D eigenvalue weighted by Crippen LogP contribution is -2.63. The number of pyridine rings is 1. The van der Waals surface area contributed by atoms with Crippen LogP contribution in [-0.4, -0.2) is 69.3 Å². The summed E-state index contributed by atoms with van der Waals surface area (Å²) in [6.45, 7) is 1.01. The van der Waals surface area contributed by atoms with E-state index in [1.54, 1.807) is 23.0 Å². The minimum absolute atomic E-state index is 0.254. The monoisotopic (exact) mass is 339 g/mol. The Labute approximate surface area is 139 Å². The third-order valence-electron chi connectivity index (χ3n) is 4.88. The van der Waals surface area contributed by atoms with Gasteiger partial charge in [-0.05, 0) is 32.5 Å². The number of aromatic nitrogens is 1. The molecule has 3 heterocycles. The van der Waals surface area contributed by atoms with Gasteiger partial charge in [0.1, 0.15) is 12.2 Å². The van der Waals surface area contributed by atoms with E-state index in [1.165, 1.54) is 0 Å². The van der Waals surface area contributed by atoms with Crippen LogP contribution in [0, 0.1) is 0 Å². The van der Waals surface area contributed by atoms with Gasteiger partial charge in [-0.25, -0.2) is 4.79 Å². The second-order valence-corrected chi connectivity index (χ2v) is 6.48. The van der Waals surface area contributed by atoms with Crippen LogP contribution in [0.15, 0.2) is 24.5 Å². The standard InChI is InChI=1S/C16H22N2O6/c1-17-6-3-5-10(17)9-4-2-7-18(8-9)15-13(21)11(19)12(20)14(24-15)16(22)23/h2,4,7-8,10-15,19-21H,3,5-6H2,1H3/p+1/t10?,11-,12-,13+,14-,15?/m0/s1. The molecule has 8 nitrogen and oxygen atoms in total. The van der Waals surface area contributed by atoms with Crippen molar-refractivity contribution in [1.29, 1.82) is 0 Å². The Morgan fingerprint density at radius 1 is 1.29 bits per heavy atom. The van der Waals surface area contributed by atoms with Gasteiger partial charge >= 0.3 is 5.97 Å². The SMILES string of the molecule is CN1CCCC1c1ccc[n+](C2O[C@H](C(=O)O)[C@@H](O)[C@H](O)[C@H]2O)c1. The van der Waals surface area contributed by atoms with Crippen LogP contribution < -0.4 is 4.57 Å². The summed E-state index contributed by atoms with van der Waals surface area (Å²) >= 11 is 0. The van der Waals surface area contributed by atoms with Crippen LogP contribution in [0.25, 0.3) is 0 Å². The number of ether oxygens (including phenoxy) is 1. The Bertz CT molecular complexity index is 612. The molecule has 2 saturated heterocycles. The van der Waals surface area contributed by atoms with Crippen LogP contribution in [0.2, 0.25) is 0 Å². The quantitative estimate of drug-likeness (QED) is 0.512. The molecule has 3 rings (SSSR count). The molecule has 1 aromatic heterocycles. The molecule has 2 aliphatic heterocycles. The summed E-state index contributed by atoms with van der Waals surface area (Å²) in [6.07, 6.45) is -1.84. The van der Waals surface area contributed by atoms with Crippen LogP contribution in [0.3, 0.4) is 0 Å². The Balaban J connectivity index is 1.88. The van der Waals surface area contributed by atoms with Crippen LogP contribution in [0.5, 0.6) is 0 Å². The fraction of sp³-hybridized carbons (Fsp3) is 0.625. The maximum Gasteiger partial charge on any atom is 0.335 e. The Morgan fingerprint density at radius 3 is 2.67 bits per heavy atom. The number of aliphatic hydroxyl groups excluding tert-OH is 3. The number of aliphatic hydroxyl groups is 3. The maximum absolute atomic E-state index is 11.2. The number of hydrogen-bond acceptors (Lipinski definition) is 6. The molecule has 1 aromatic rings. The molecule has 2 fully saturated rings. The predicted octanol–water partition coefficient (Wildman–Crippen LogP) is -1.19. The lowest BCUT2D eigenvalue weighted by atomic mass is 9.97. The highest BCUT2D eigenvalue weighted by Gasteiger charge is 2.51. The third-order valence-corrected chi connectivity index (χ3v) is 4.88. The van der Waals surface area contributed by atoms with Crippen LogP contribution in [-0.2, 0) is 9.53 Å². The van der Waals surface area contributed by atoms with Crippen molar-refractivity contribution in [3.05, 3.63) is 30.1 Å². The van der Waals surface area contributed by atoms with Crippen molar-refractivity contribution in [3.8, 4) is 0 Å². The minimum atomic E-state index is -1.68. The molecular formula is C16H23N2O6+. The van der Waals surface area contributed by atoms with Gasteiger partial charge in [0.25, 0.3) is 6.23 Å². The van der Waals surface area contributed by atoms with Crippen molar-refractivity contribution in [2.45, 2.75) is 49.5 Å². The molecule has 2 aliphatic rings. The first kappa shape index (κ1) is 17.2. The maximum atomic E-state index is 11.2. The molecule has 0 aromatic carbocycles. The highest BCUT2D eigenvalue weighted by Crippen LogP contribution is 2.30. The molecule has 0 aliphatic carbocycles. The largest absolute Gasteiger partial charge is 0.479 e. The van der Waals surface area contributed by atoms with Crippen molar-refractivity contribution in [2.75, 3.05) is 13.6 Å². The molecule has 4 N–H and O–H groups in total. The minimum Gasteiger partial charge on any atom is -0.479 e. The van der Waals surface area contributed by atoms with Crippen molar-refractivity contribution in [2.24, 2.45) is 0 Å². The van der Waals surface area contributed by atoms with Crippen molar-refractivity contribution >= 4 is 5.97 Å². The first-order valence-corrected chi connectivity index (χ1v) is 8.03. The number of hydrogen-bond donors (Lipinski definition) is 4. The molecule has 6 atom stereocenters. The van der Waals surface area contributed by atoms with Crippen LogP contribution in [0.1, 0.15) is 30.7 Å².